The number of nitrogens with one attached hydrogen (secondary N) is 1. The molecule has 2 N–H and O–H groups in total. The average molecular weight is 326 g/mol. The van der Waals surface area contributed by atoms with Gasteiger partial charge in [-0.3, -0.25) is 9.69 Å². The Labute approximate surface area is 139 Å². The monoisotopic (exact) mass is 326 g/mol. The highest BCUT2D eigenvalue weighted by molar-refractivity contribution is 6.01. The van der Waals surface area contributed by atoms with E-state index < -0.39 is 12.1 Å². The number of hydrogen-bond donors (Lipinski definition) is 2. The van der Waals surface area contributed by atoms with Gasteiger partial charge in [0.25, 0.3) is 0 Å². The van der Waals surface area contributed by atoms with E-state index in [9.17, 15) is 14.7 Å². The van der Waals surface area contributed by atoms with E-state index in [1.807, 2.05) is 54.6 Å². The molecule has 2 aromatic rings. The van der Waals surface area contributed by atoms with Crippen molar-refractivity contribution in [3.63, 3.8) is 0 Å². The van der Waals surface area contributed by atoms with Crippen LogP contribution in [-0.4, -0.2) is 47.7 Å². The molecule has 1 aliphatic heterocycles. The van der Waals surface area contributed by atoms with Crippen molar-refractivity contribution in [3.8, 4) is 16.9 Å². The Morgan fingerprint density at radius 2 is 1.71 bits per heavy atom. The van der Waals surface area contributed by atoms with Crippen molar-refractivity contribution in [2.75, 3.05) is 19.7 Å². The second kappa shape index (κ2) is 7.14. The van der Waals surface area contributed by atoms with E-state index in [4.69, 9.17) is 4.74 Å². The third kappa shape index (κ3) is 3.72. The molecule has 0 saturated carbocycles. The summed E-state index contributed by atoms with van der Waals surface area (Å²) in [5, 5.41) is 12.3. The van der Waals surface area contributed by atoms with Gasteiger partial charge in [0, 0.05) is 0 Å². The van der Waals surface area contributed by atoms with Crippen LogP contribution in [0.15, 0.2) is 54.6 Å². The quantitative estimate of drug-likeness (QED) is 0.791. The van der Waals surface area contributed by atoms with E-state index >= 15 is 0 Å². The van der Waals surface area contributed by atoms with E-state index in [1.165, 1.54) is 0 Å². The maximum atomic E-state index is 11.5. The van der Waals surface area contributed by atoms with Gasteiger partial charge in [-0.05, 0) is 23.3 Å². The molecular weight excluding hydrogens is 308 g/mol. The molecule has 3 amide bonds. The molecule has 0 spiro atoms. The lowest BCUT2D eigenvalue weighted by atomic mass is 10.1. The fourth-order valence-electron chi connectivity index (χ4n) is 2.47. The summed E-state index contributed by atoms with van der Waals surface area (Å²) >= 11 is 0. The van der Waals surface area contributed by atoms with Crippen LogP contribution in [-0.2, 0) is 4.79 Å². The van der Waals surface area contributed by atoms with Crippen molar-refractivity contribution in [2.45, 2.75) is 6.10 Å². The van der Waals surface area contributed by atoms with Crippen molar-refractivity contribution in [2.24, 2.45) is 0 Å². The second-order valence-electron chi connectivity index (χ2n) is 5.52. The van der Waals surface area contributed by atoms with E-state index in [0.717, 1.165) is 16.0 Å². The van der Waals surface area contributed by atoms with Crippen molar-refractivity contribution in [1.29, 1.82) is 0 Å². The molecule has 24 heavy (non-hydrogen) atoms. The zero-order valence-corrected chi connectivity index (χ0v) is 13.0. The average Bonchev–Trinajstić information content (AvgIpc) is 2.93. The molecule has 1 saturated heterocycles. The first-order valence-electron chi connectivity index (χ1n) is 7.68. The van der Waals surface area contributed by atoms with Gasteiger partial charge in [0.1, 0.15) is 18.5 Å². The summed E-state index contributed by atoms with van der Waals surface area (Å²) < 4.78 is 5.52. The molecule has 0 radical (unpaired) electrons. The molecule has 1 atom stereocenters. The lowest BCUT2D eigenvalue weighted by Crippen LogP contribution is -2.39. The second-order valence-corrected chi connectivity index (χ2v) is 5.52. The summed E-state index contributed by atoms with van der Waals surface area (Å²) in [7, 11) is 0. The van der Waals surface area contributed by atoms with Crippen molar-refractivity contribution in [1.82, 2.24) is 10.2 Å². The van der Waals surface area contributed by atoms with Gasteiger partial charge in [0.15, 0.2) is 0 Å². The van der Waals surface area contributed by atoms with Crippen molar-refractivity contribution in [3.05, 3.63) is 54.6 Å². The highest BCUT2D eigenvalue weighted by Gasteiger charge is 2.30. The standard InChI is InChI=1S/C18H18N2O4/c21-15(11-20-17(22)10-19-18(20)23)12-24-16-8-6-14(7-9-16)13-4-2-1-3-5-13/h1-9,15,21H,10-12H2,(H,19,23). The molecule has 1 unspecified atom stereocenters. The lowest BCUT2D eigenvalue weighted by Gasteiger charge is -2.17. The van der Waals surface area contributed by atoms with E-state index in [1.54, 1.807) is 0 Å². The zero-order valence-electron chi connectivity index (χ0n) is 13.0. The van der Waals surface area contributed by atoms with Gasteiger partial charge in [-0.25, -0.2) is 4.79 Å². The van der Waals surface area contributed by atoms with Crippen LogP contribution in [0.1, 0.15) is 0 Å². The van der Waals surface area contributed by atoms with Crippen LogP contribution in [0, 0.1) is 0 Å². The molecule has 6 nitrogen and oxygen atoms in total. The Balaban J connectivity index is 1.53. The Morgan fingerprint density at radius 3 is 2.33 bits per heavy atom. The van der Waals surface area contributed by atoms with Crippen LogP contribution in [0.5, 0.6) is 5.75 Å². The SMILES string of the molecule is O=C1CNC(=O)N1CC(O)COc1ccc(-c2ccccc2)cc1. The van der Waals surface area contributed by atoms with Gasteiger partial charge in [-0.2, -0.15) is 0 Å². The summed E-state index contributed by atoms with van der Waals surface area (Å²) in [4.78, 5) is 23.9. The fourth-order valence-corrected chi connectivity index (χ4v) is 2.47. The topological polar surface area (TPSA) is 78.9 Å². The van der Waals surface area contributed by atoms with Gasteiger partial charge in [0.2, 0.25) is 5.91 Å². The summed E-state index contributed by atoms with van der Waals surface area (Å²) in [6.45, 7) is -0.0954. The normalized spacial score (nSPS) is 15.3. The number of urea groups is 1. The van der Waals surface area contributed by atoms with Gasteiger partial charge < -0.3 is 15.2 Å². The van der Waals surface area contributed by atoms with E-state index in [2.05, 4.69) is 5.32 Å². The minimum absolute atomic E-state index is 0.00173. The van der Waals surface area contributed by atoms with Gasteiger partial charge in [-0.1, -0.05) is 42.5 Å². The van der Waals surface area contributed by atoms with Gasteiger partial charge in [0.05, 0.1) is 13.1 Å². The number of amides is 3. The Bertz CT molecular complexity index is 700. The highest BCUT2D eigenvalue weighted by atomic mass is 16.5. The molecule has 6 heteroatoms. The molecule has 1 aliphatic rings. The number of ether oxygens (including phenoxy) is 1. The van der Waals surface area contributed by atoms with Crippen molar-refractivity contribution < 1.29 is 19.4 Å². The third-order valence-electron chi connectivity index (χ3n) is 3.73. The van der Waals surface area contributed by atoms with Crippen LogP contribution in [0.2, 0.25) is 0 Å². The molecule has 0 bridgehead atoms. The minimum Gasteiger partial charge on any atom is -0.491 e. The number of carbonyl (C=O) groups is 2. The first-order chi connectivity index (χ1) is 11.6. The van der Waals surface area contributed by atoms with Gasteiger partial charge >= 0.3 is 6.03 Å². The van der Waals surface area contributed by atoms with Crippen LogP contribution < -0.4 is 10.1 Å². The number of benzene rings is 2. The first kappa shape index (κ1) is 16.0. The minimum atomic E-state index is -0.938. The van der Waals surface area contributed by atoms with Crippen molar-refractivity contribution >= 4 is 11.9 Å². The molecule has 2 aromatic carbocycles. The number of rotatable bonds is 6. The number of nitrogens with zero attached hydrogens (tertiary/aromatic N) is 1. The Morgan fingerprint density at radius 1 is 1.04 bits per heavy atom. The number of hydrogen-bond acceptors (Lipinski definition) is 4. The Hall–Kier alpha value is -2.86. The molecule has 0 aliphatic carbocycles. The fraction of sp³-hybridized carbons (Fsp3) is 0.222. The number of carbonyl (C=O) groups excluding carboxylic acids is 2. The molecule has 0 aromatic heterocycles. The third-order valence-corrected chi connectivity index (χ3v) is 3.73. The summed E-state index contributed by atoms with van der Waals surface area (Å²) in [5.74, 6) is 0.275. The van der Waals surface area contributed by atoms with Crippen LogP contribution >= 0.6 is 0 Å². The first-order valence-corrected chi connectivity index (χ1v) is 7.68. The summed E-state index contributed by atoms with van der Waals surface area (Å²) in [6, 6.07) is 17.0. The Kier molecular flexibility index (Phi) is 4.77. The van der Waals surface area contributed by atoms with Crippen LogP contribution in [0.4, 0.5) is 4.79 Å². The maximum absolute atomic E-state index is 11.5. The summed E-state index contributed by atoms with van der Waals surface area (Å²) in [6.07, 6.45) is -0.938. The highest BCUT2D eigenvalue weighted by Crippen LogP contribution is 2.22. The smallest absolute Gasteiger partial charge is 0.324 e. The lowest BCUT2D eigenvalue weighted by molar-refractivity contribution is -0.126. The molecule has 1 heterocycles. The van der Waals surface area contributed by atoms with E-state index in [-0.39, 0.29) is 25.6 Å². The predicted octanol–water partition coefficient (Wildman–Crippen LogP) is 1.65. The largest absolute Gasteiger partial charge is 0.491 e. The molecule has 124 valence electrons. The zero-order chi connectivity index (χ0) is 16.9. The van der Waals surface area contributed by atoms with Crippen LogP contribution in [0.3, 0.4) is 0 Å². The number of β-amino-alcohol motifs (C(OH)–C–C–N with tert-alkyl or cyclic N) is 1. The molecule has 3 rings (SSSR count). The number of imide groups is 1. The number of aliphatic hydroxyl groups is 1. The van der Waals surface area contributed by atoms with Crippen LogP contribution in [0.25, 0.3) is 11.1 Å². The summed E-state index contributed by atoms with van der Waals surface area (Å²) in [5.41, 5.74) is 2.19. The number of aliphatic hydroxyl groups excluding tert-OH is 1. The predicted molar refractivity (Wildman–Crippen MR) is 88.5 cm³/mol. The molecular formula is C18H18N2O4. The maximum Gasteiger partial charge on any atom is 0.324 e. The van der Waals surface area contributed by atoms with Gasteiger partial charge in [-0.15, -0.1) is 0 Å². The van der Waals surface area contributed by atoms with E-state index in [0.29, 0.717) is 5.75 Å². The molecule has 1 fully saturated rings.